The van der Waals surface area contributed by atoms with E-state index in [1.807, 2.05) is 0 Å². The number of carbonyl (C=O) groups excluding carboxylic acids is 2. The predicted molar refractivity (Wildman–Crippen MR) is 113 cm³/mol. The lowest BCUT2D eigenvalue weighted by atomic mass is 10.0. The summed E-state index contributed by atoms with van der Waals surface area (Å²) in [5.41, 5.74) is 1.65. The van der Waals surface area contributed by atoms with Crippen LogP contribution in [-0.2, 0) is 16.1 Å². The van der Waals surface area contributed by atoms with Gasteiger partial charge in [0.15, 0.2) is 0 Å². The summed E-state index contributed by atoms with van der Waals surface area (Å²) in [6.07, 6.45) is -0.337. The fourth-order valence-corrected chi connectivity index (χ4v) is 3.00. The number of halogens is 3. The number of esters is 1. The van der Waals surface area contributed by atoms with Crippen LogP contribution in [0.25, 0.3) is 11.1 Å². The zero-order valence-corrected chi connectivity index (χ0v) is 17.9. The number of aromatic nitrogens is 2. The van der Waals surface area contributed by atoms with Crippen LogP contribution in [0.4, 0.5) is 13.2 Å². The molecule has 1 atom stereocenters. The first kappa shape index (κ1) is 23.8. The van der Waals surface area contributed by atoms with E-state index in [2.05, 4.69) is 15.0 Å². The van der Waals surface area contributed by atoms with Gasteiger partial charge < -0.3 is 19.4 Å². The number of benzene rings is 2. The first-order valence-electron chi connectivity index (χ1n) is 10.0. The summed E-state index contributed by atoms with van der Waals surface area (Å²) in [6, 6.07) is 10.9. The van der Waals surface area contributed by atoms with Crippen molar-refractivity contribution in [1.29, 1.82) is 0 Å². The monoisotopic (exact) mass is 461 g/mol. The van der Waals surface area contributed by atoms with Crippen molar-refractivity contribution in [3.63, 3.8) is 0 Å². The van der Waals surface area contributed by atoms with Crippen molar-refractivity contribution in [2.24, 2.45) is 0 Å². The number of rotatable bonds is 8. The maximum absolute atomic E-state index is 12.7. The van der Waals surface area contributed by atoms with E-state index in [0.717, 1.165) is 0 Å². The van der Waals surface area contributed by atoms with E-state index >= 15 is 0 Å². The van der Waals surface area contributed by atoms with Gasteiger partial charge >= 0.3 is 12.3 Å². The summed E-state index contributed by atoms with van der Waals surface area (Å²) in [6.45, 7) is 3.59. The molecule has 0 aliphatic heterocycles. The van der Waals surface area contributed by atoms with Crippen LogP contribution in [0.3, 0.4) is 0 Å². The minimum absolute atomic E-state index is 0.154. The van der Waals surface area contributed by atoms with Gasteiger partial charge in [-0.25, -0.2) is 9.78 Å². The Morgan fingerprint density at radius 2 is 1.64 bits per heavy atom. The minimum atomic E-state index is -4.76. The second kappa shape index (κ2) is 10.2. The van der Waals surface area contributed by atoms with Crippen LogP contribution in [0.1, 0.15) is 24.2 Å². The van der Waals surface area contributed by atoms with Gasteiger partial charge in [-0.05, 0) is 49.2 Å². The number of ether oxygens (including phenoxy) is 2. The number of nitrogens with one attached hydrogen (secondary N) is 1. The molecular formula is C23H22F3N3O4. The summed E-state index contributed by atoms with van der Waals surface area (Å²) >= 11 is 0. The summed E-state index contributed by atoms with van der Waals surface area (Å²) in [7, 11) is 0. The van der Waals surface area contributed by atoms with Gasteiger partial charge in [-0.2, -0.15) is 0 Å². The molecular weight excluding hydrogens is 439 g/mol. The van der Waals surface area contributed by atoms with E-state index in [-0.39, 0.29) is 18.4 Å². The molecule has 0 fully saturated rings. The molecule has 7 nitrogen and oxygen atoms in total. The number of imidazole rings is 1. The van der Waals surface area contributed by atoms with Crippen molar-refractivity contribution in [2.45, 2.75) is 38.9 Å². The average molecular weight is 461 g/mol. The molecule has 0 bridgehead atoms. The largest absolute Gasteiger partial charge is 0.573 e. The number of alkyl halides is 3. The molecule has 3 rings (SSSR count). The maximum Gasteiger partial charge on any atom is 0.573 e. The van der Waals surface area contributed by atoms with E-state index in [1.165, 1.54) is 30.6 Å². The lowest BCUT2D eigenvalue weighted by molar-refractivity contribution is -0.274. The highest BCUT2D eigenvalue weighted by atomic mass is 19.4. The predicted octanol–water partition coefficient (Wildman–Crippen LogP) is 4.20. The standard InChI is InChI=1S/C23H22F3N3O4/c1-15(2)32-22(31)20(13-29-12-11-27-14-29)28-21(30)18-5-3-16(4-6-18)17-7-9-19(10-8-17)33-23(24,25)26/h3-12,14-15,20H,13H2,1-2H3,(H,28,30)/t20-/m0/s1. The average Bonchev–Trinajstić information content (AvgIpc) is 3.25. The third-order valence-corrected chi connectivity index (χ3v) is 4.46. The van der Waals surface area contributed by atoms with E-state index < -0.39 is 24.3 Å². The van der Waals surface area contributed by atoms with Gasteiger partial charge in [-0.15, -0.1) is 13.2 Å². The summed E-state index contributed by atoms with van der Waals surface area (Å²) in [5.74, 6) is -1.36. The van der Waals surface area contributed by atoms with Gasteiger partial charge in [0, 0.05) is 18.0 Å². The van der Waals surface area contributed by atoms with Crippen LogP contribution in [-0.4, -0.2) is 39.9 Å². The summed E-state index contributed by atoms with van der Waals surface area (Å²) < 4.78 is 47.7. The third kappa shape index (κ3) is 7.09. The van der Waals surface area contributed by atoms with E-state index in [1.54, 1.807) is 55.1 Å². The summed E-state index contributed by atoms with van der Waals surface area (Å²) in [4.78, 5) is 29.1. The second-order valence-electron chi connectivity index (χ2n) is 7.42. The van der Waals surface area contributed by atoms with Gasteiger partial charge in [0.1, 0.15) is 11.8 Å². The van der Waals surface area contributed by atoms with Crippen molar-refractivity contribution < 1.29 is 32.2 Å². The lowest BCUT2D eigenvalue weighted by Gasteiger charge is -2.19. The molecule has 3 aromatic rings. The smallest absolute Gasteiger partial charge is 0.461 e. The summed E-state index contributed by atoms with van der Waals surface area (Å²) in [5, 5.41) is 2.68. The Bertz CT molecular complexity index is 1060. The second-order valence-corrected chi connectivity index (χ2v) is 7.42. The van der Waals surface area contributed by atoms with E-state index in [4.69, 9.17) is 4.74 Å². The number of carbonyl (C=O) groups is 2. The van der Waals surface area contributed by atoms with Crippen LogP contribution in [0.5, 0.6) is 5.75 Å². The Morgan fingerprint density at radius 1 is 1.03 bits per heavy atom. The molecule has 1 aromatic heterocycles. The molecule has 0 saturated carbocycles. The molecule has 1 amide bonds. The Morgan fingerprint density at radius 3 is 2.15 bits per heavy atom. The molecule has 174 valence electrons. The van der Waals surface area contributed by atoms with Gasteiger partial charge in [0.25, 0.3) is 5.91 Å². The molecule has 2 aromatic carbocycles. The van der Waals surface area contributed by atoms with Crippen LogP contribution in [0.15, 0.2) is 67.3 Å². The number of nitrogens with zero attached hydrogens (tertiary/aromatic N) is 2. The zero-order chi connectivity index (χ0) is 24.0. The van der Waals surface area contributed by atoms with Crippen molar-refractivity contribution >= 4 is 11.9 Å². The van der Waals surface area contributed by atoms with Crippen LogP contribution >= 0.6 is 0 Å². The van der Waals surface area contributed by atoms with Crippen LogP contribution in [0.2, 0.25) is 0 Å². The van der Waals surface area contributed by atoms with Gasteiger partial charge in [-0.1, -0.05) is 24.3 Å². The molecule has 1 N–H and O–H groups in total. The first-order chi connectivity index (χ1) is 15.6. The Balaban J connectivity index is 1.69. The fraction of sp³-hybridized carbons (Fsp3) is 0.261. The Labute approximate surface area is 188 Å². The molecule has 0 radical (unpaired) electrons. The molecule has 0 aliphatic rings. The first-order valence-corrected chi connectivity index (χ1v) is 10.0. The van der Waals surface area contributed by atoms with Crippen molar-refractivity contribution in [1.82, 2.24) is 14.9 Å². The number of hydrogen-bond donors (Lipinski definition) is 1. The molecule has 0 unspecified atom stereocenters. The SMILES string of the molecule is CC(C)OC(=O)[C@H](Cn1ccnc1)NC(=O)c1ccc(-c2ccc(OC(F)(F)F)cc2)cc1. The normalized spacial score (nSPS) is 12.3. The molecule has 0 aliphatic carbocycles. The van der Waals surface area contributed by atoms with Crippen LogP contribution < -0.4 is 10.1 Å². The van der Waals surface area contributed by atoms with Gasteiger partial charge in [0.2, 0.25) is 0 Å². The van der Waals surface area contributed by atoms with E-state index in [9.17, 15) is 22.8 Å². The van der Waals surface area contributed by atoms with Crippen LogP contribution in [0, 0.1) is 0 Å². The highest BCUT2D eigenvalue weighted by Gasteiger charge is 2.31. The fourth-order valence-electron chi connectivity index (χ4n) is 3.00. The quantitative estimate of drug-likeness (QED) is 0.509. The number of amides is 1. The van der Waals surface area contributed by atoms with Crippen molar-refractivity contribution in [3.05, 3.63) is 72.8 Å². The minimum Gasteiger partial charge on any atom is -0.461 e. The molecule has 1 heterocycles. The van der Waals surface area contributed by atoms with Crippen molar-refractivity contribution in [2.75, 3.05) is 0 Å². The topological polar surface area (TPSA) is 82.5 Å². The highest BCUT2D eigenvalue weighted by molar-refractivity contribution is 5.97. The Hall–Kier alpha value is -3.82. The zero-order valence-electron chi connectivity index (χ0n) is 17.9. The Kier molecular flexibility index (Phi) is 7.37. The molecule has 0 spiro atoms. The lowest BCUT2D eigenvalue weighted by Crippen LogP contribution is -2.45. The maximum atomic E-state index is 12.7. The van der Waals surface area contributed by atoms with E-state index in [0.29, 0.717) is 16.7 Å². The number of hydrogen-bond acceptors (Lipinski definition) is 5. The third-order valence-electron chi connectivity index (χ3n) is 4.46. The highest BCUT2D eigenvalue weighted by Crippen LogP contribution is 2.26. The molecule has 33 heavy (non-hydrogen) atoms. The van der Waals surface area contributed by atoms with Gasteiger partial charge in [0.05, 0.1) is 19.0 Å². The van der Waals surface area contributed by atoms with Crippen molar-refractivity contribution in [3.8, 4) is 16.9 Å². The molecule has 10 heteroatoms. The van der Waals surface area contributed by atoms with Gasteiger partial charge in [-0.3, -0.25) is 4.79 Å². The molecule has 0 saturated heterocycles.